The van der Waals surface area contributed by atoms with Crippen molar-refractivity contribution < 1.29 is 14.3 Å². The summed E-state index contributed by atoms with van der Waals surface area (Å²) in [5, 5.41) is 6.04. The first-order valence-corrected chi connectivity index (χ1v) is 8.43. The molecule has 8 nitrogen and oxygen atoms in total. The normalized spacial score (nSPS) is 15.0. The number of amides is 2. The number of rotatable bonds is 6. The topological polar surface area (TPSA) is 96.5 Å². The predicted octanol–water partition coefficient (Wildman–Crippen LogP) is 1.65. The third-order valence-electron chi connectivity index (χ3n) is 3.78. The second-order valence-electron chi connectivity index (χ2n) is 5.63. The Labute approximate surface area is 142 Å². The minimum Gasteiger partial charge on any atom is -0.450 e. The summed E-state index contributed by atoms with van der Waals surface area (Å²) in [6.07, 6.45) is 3.65. The van der Waals surface area contributed by atoms with E-state index in [2.05, 4.69) is 20.6 Å². The van der Waals surface area contributed by atoms with Crippen LogP contribution in [0.25, 0.3) is 0 Å². The fraction of sp³-hybridized carbons (Fsp3) is 0.625. The summed E-state index contributed by atoms with van der Waals surface area (Å²) in [6.45, 7) is 6.13. The van der Waals surface area contributed by atoms with Crippen LogP contribution in [0, 0.1) is 0 Å². The zero-order valence-corrected chi connectivity index (χ0v) is 14.2. The van der Waals surface area contributed by atoms with Crippen LogP contribution in [-0.4, -0.2) is 59.2 Å². The molecule has 132 valence electrons. The summed E-state index contributed by atoms with van der Waals surface area (Å²) in [4.78, 5) is 34.0. The van der Waals surface area contributed by atoms with Gasteiger partial charge < -0.3 is 20.3 Å². The molecule has 2 heterocycles. The van der Waals surface area contributed by atoms with Crippen LogP contribution < -0.4 is 10.6 Å². The number of likely N-dealkylation sites (tertiary alicyclic amines) is 1. The van der Waals surface area contributed by atoms with Crippen LogP contribution in [0.4, 0.5) is 10.7 Å². The zero-order chi connectivity index (χ0) is 17.4. The standard InChI is InChI=1S/C16H25N5O3/c1-3-8-17-15-18-9-5-13(20-15)14(22)19-12-6-10-21(11-7-12)16(23)24-4-2/h5,9,12H,3-4,6-8,10-11H2,1-2H3,(H,19,22)(H,17,18,20). The van der Waals surface area contributed by atoms with Gasteiger partial charge in [-0.15, -0.1) is 0 Å². The Balaban J connectivity index is 1.84. The van der Waals surface area contributed by atoms with Crippen LogP contribution in [0.15, 0.2) is 12.3 Å². The van der Waals surface area contributed by atoms with Gasteiger partial charge in [0.2, 0.25) is 5.95 Å². The van der Waals surface area contributed by atoms with E-state index in [4.69, 9.17) is 4.74 Å². The van der Waals surface area contributed by atoms with Crippen LogP contribution in [0.5, 0.6) is 0 Å². The summed E-state index contributed by atoms with van der Waals surface area (Å²) >= 11 is 0. The number of carbonyl (C=O) groups excluding carboxylic acids is 2. The van der Waals surface area contributed by atoms with Crippen molar-refractivity contribution in [1.29, 1.82) is 0 Å². The van der Waals surface area contributed by atoms with Gasteiger partial charge in [0.05, 0.1) is 6.61 Å². The van der Waals surface area contributed by atoms with Crippen molar-refractivity contribution in [1.82, 2.24) is 20.2 Å². The van der Waals surface area contributed by atoms with Crippen LogP contribution in [0.1, 0.15) is 43.6 Å². The molecule has 1 aromatic rings. The molecule has 1 saturated heterocycles. The fourth-order valence-electron chi connectivity index (χ4n) is 2.49. The van der Waals surface area contributed by atoms with Crippen LogP contribution in [-0.2, 0) is 4.74 Å². The van der Waals surface area contributed by atoms with E-state index in [-0.39, 0.29) is 18.0 Å². The third kappa shape index (κ3) is 5.07. The lowest BCUT2D eigenvalue weighted by Gasteiger charge is -2.31. The van der Waals surface area contributed by atoms with Gasteiger partial charge in [-0.25, -0.2) is 14.8 Å². The van der Waals surface area contributed by atoms with Crippen molar-refractivity contribution in [2.75, 3.05) is 31.6 Å². The van der Waals surface area contributed by atoms with Gasteiger partial charge in [-0.2, -0.15) is 0 Å². The molecule has 0 spiro atoms. The zero-order valence-electron chi connectivity index (χ0n) is 14.2. The molecule has 2 rings (SSSR count). The molecule has 8 heteroatoms. The first-order chi connectivity index (χ1) is 11.6. The summed E-state index contributed by atoms with van der Waals surface area (Å²) in [6, 6.07) is 1.63. The Kier molecular flexibility index (Phi) is 6.77. The molecule has 0 aliphatic carbocycles. The van der Waals surface area contributed by atoms with E-state index >= 15 is 0 Å². The molecule has 0 unspecified atom stereocenters. The molecule has 0 atom stereocenters. The Morgan fingerprint density at radius 2 is 2.08 bits per heavy atom. The lowest BCUT2D eigenvalue weighted by molar-refractivity contribution is 0.0856. The molecule has 0 radical (unpaired) electrons. The minimum absolute atomic E-state index is 0.0326. The molecular weight excluding hydrogens is 310 g/mol. The van der Waals surface area contributed by atoms with E-state index in [1.807, 2.05) is 6.92 Å². The van der Waals surface area contributed by atoms with Gasteiger partial charge in [0, 0.05) is 31.9 Å². The summed E-state index contributed by atoms with van der Waals surface area (Å²) in [5.41, 5.74) is 0.344. The van der Waals surface area contributed by atoms with Gasteiger partial charge in [0.25, 0.3) is 5.91 Å². The Morgan fingerprint density at radius 1 is 1.33 bits per heavy atom. The van der Waals surface area contributed by atoms with E-state index in [0.717, 1.165) is 13.0 Å². The van der Waals surface area contributed by atoms with E-state index in [1.165, 1.54) is 0 Å². The molecule has 0 saturated carbocycles. The van der Waals surface area contributed by atoms with Gasteiger partial charge in [0.1, 0.15) is 5.69 Å². The maximum Gasteiger partial charge on any atom is 0.409 e. The Morgan fingerprint density at radius 3 is 2.75 bits per heavy atom. The molecular formula is C16H25N5O3. The van der Waals surface area contributed by atoms with Crippen molar-refractivity contribution in [3.63, 3.8) is 0 Å². The SMILES string of the molecule is CCCNc1nccc(C(=O)NC2CCN(C(=O)OCC)CC2)n1. The number of hydrogen-bond acceptors (Lipinski definition) is 6. The predicted molar refractivity (Wildman–Crippen MR) is 89.9 cm³/mol. The molecule has 0 bridgehead atoms. The number of aromatic nitrogens is 2. The summed E-state index contributed by atoms with van der Waals surface area (Å²) in [5.74, 6) is 0.244. The Hall–Kier alpha value is -2.38. The molecule has 2 N–H and O–H groups in total. The quantitative estimate of drug-likeness (QED) is 0.820. The highest BCUT2D eigenvalue weighted by atomic mass is 16.6. The molecule has 1 aliphatic rings. The van der Waals surface area contributed by atoms with Gasteiger partial charge in [-0.1, -0.05) is 6.92 Å². The number of anilines is 1. The monoisotopic (exact) mass is 335 g/mol. The van der Waals surface area contributed by atoms with Gasteiger partial charge in [-0.05, 0) is 32.3 Å². The average Bonchev–Trinajstić information content (AvgIpc) is 2.61. The minimum atomic E-state index is -0.287. The van der Waals surface area contributed by atoms with Crippen molar-refractivity contribution in [3.05, 3.63) is 18.0 Å². The highest BCUT2D eigenvalue weighted by Crippen LogP contribution is 2.12. The number of nitrogens with zero attached hydrogens (tertiary/aromatic N) is 3. The second-order valence-corrected chi connectivity index (χ2v) is 5.63. The van der Waals surface area contributed by atoms with E-state index in [1.54, 1.807) is 24.1 Å². The molecule has 24 heavy (non-hydrogen) atoms. The molecule has 1 aliphatic heterocycles. The van der Waals surface area contributed by atoms with Crippen molar-refractivity contribution in [2.24, 2.45) is 0 Å². The molecule has 2 amide bonds. The number of ether oxygens (including phenoxy) is 1. The van der Waals surface area contributed by atoms with E-state index < -0.39 is 0 Å². The maximum absolute atomic E-state index is 12.3. The average molecular weight is 335 g/mol. The van der Waals surface area contributed by atoms with Gasteiger partial charge >= 0.3 is 6.09 Å². The smallest absolute Gasteiger partial charge is 0.409 e. The van der Waals surface area contributed by atoms with Crippen molar-refractivity contribution in [3.8, 4) is 0 Å². The van der Waals surface area contributed by atoms with Gasteiger partial charge in [0.15, 0.2) is 0 Å². The molecule has 1 aromatic heterocycles. The van der Waals surface area contributed by atoms with Gasteiger partial charge in [-0.3, -0.25) is 4.79 Å². The molecule has 1 fully saturated rings. The van der Waals surface area contributed by atoms with Crippen LogP contribution >= 0.6 is 0 Å². The van der Waals surface area contributed by atoms with E-state index in [9.17, 15) is 9.59 Å². The largest absolute Gasteiger partial charge is 0.450 e. The number of piperidine rings is 1. The third-order valence-corrected chi connectivity index (χ3v) is 3.78. The fourth-order valence-corrected chi connectivity index (χ4v) is 2.49. The number of nitrogens with one attached hydrogen (secondary N) is 2. The Bertz CT molecular complexity index is 558. The highest BCUT2D eigenvalue weighted by Gasteiger charge is 2.25. The number of carbonyl (C=O) groups is 2. The van der Waals surface area contributed by atoms with Crippen molar-refractivity contribution >= 4 is 17.9 Å². The summed E-state index contributed by atoms with van der Waals surface area (Å²) in [7, 11) is 0. The van der Waals surface area contributed by atoms with Crippen LogP contribution in [0.2, 0.25) is 0 Å². The lowest BCUT2D eigenvalue weighted by Crippen LogP contribution is -2.46. The first-order valence-electron chi connectivity index (χ1n) is 8.43. The molecule has 0 aromatic carbocycles. The lowest BCUT2D eigenvalue weighted by atomic mass is 10.1. The van der Waals surface area contributed by atoms with Crippen LogP contribution in [0.3, 0.4) is 0 Å². The highest BCUT2D eigenvalue weighted by molar-refractivity contribution is 5.92. The summed E-state index contributed by atoms with van der Waals surface area (Å²) < 4.78 is 4.99. The number of hydrogen-bond donors (Lipinski definition) is 2. The first kappa shape index (κ1) is 18.0. The van der Waals surface area contributed by atoms with Crippen molar-refractivity contribution in [2.45, 2.75) is 39.2 Å². The second kappa shape index (κ2) is 9.05. The van der Waals surface area contributed by atoms with E-state index in [0.29, 0.717) is 44.2 Å². The maximum atomic E-state index is 12.3.